The average molecular weight is 391 g/mol. The first-order valence-corrected chi connectivity index (χ1v) is 8.90. The quantitative estimate of drug-likeness (QED) is 0.597. The number of carbonyl (C=O) groups excluding carboxylic acids is 2. The Bertz CT molecular complexity index is 986. The molecule has 2 N–H and O–H groups in total. The van der Waals surface area contributed by atoms with Crippen molar-refractivity contribution in [3.63, 3.8) is 0 Å². The predicted octanol–water partition coefficient (Wildman–Crippen LogP) is 3.74. The highest BCUT2D eigenvalue weighted by molar-refractivity contribution is 6.04. The molecule has 0 saturated heterocycles. The number of carbonyl (C=O) groups is 2. The molecule has 7 heteroatoms. The largest absolute Gasteiger partial charge is 0.497 e. The molecular formula is C22H21N3O4. The van der Waals surface area contributed by atoms with Crippen molar-refractivity contribution in [2.45, 2.75) is 6.54 Å². The highest BCUT2D eigenvalue weighted by atomic mass is 16.5. The predicted molar refractivity (Wildman–Crippen MR) is 110 cm³/mol. The number of esters is 1. The van der Waals surface area contributed by atoms with Crippen LogP contribution in [-0.4, -0.2) is 31.1 Å². The summed E-state index contributed by atoms with van der Waals surface area (Å²) in [5.41, 5.74) is 3.21. The lowest BCUT2D eigenvalue weighted by Crippen LogP contribution is -2.13. The number of aromatic nitrogens is 1. The summed E-state index contributed by atoms with van der Waals surface area (Å²) in [6.45, 7) is 0.589. The molecule has 29 heavy (non-hydrogen) atoms. The van der Waals surface area contributed by atoms with Gasteiger partial charge in [0.05, 0.1) is 31.0 Å². The molecule has 3 rings (SSSR count). The zero-order valence-electron chi connectivity index (χ0n) is 16.1. The first kappa shape index (κ1) is 19.9. The lowest BCUT2D eigenvalue weighted by atomic mass is 10.2. The van der Waals surface area contributed by atoms with E-state index in [9.17, 15) is 9.59 Å². The monoisotopic (exact) mass is 391 g/mol. The molecule has 0 aliphatic heterocycles. The van der Waals surface area contributed by atoms with Crippen molar-refractivity contribution in [2.75, 3.05) is 24.9 Å². The van der Waals surface area contributed by atoms with Crippen LogP contribution in [0.3, 0.4) is 0 Å². The van der Waals surface area contributed by atoms with E-state index in [4.69, 9.17) is 4.74 Å². The van der Waals surface area contributed by atoms with Crippen molar-refractivity contribution in [3.05, 3.63) is 83.7 Å². The second-order valence-corrected chi connectivity index (χ2v) is 6.19. The zero-order valence-corrected chi connectivity index (χ0v) is 16.1. The van der Waals surface area contributed by atoms with Crippen LogP contribution in [-0.2, 0) is 11.3 Å². The second kappa shape index (κ2) is 9.36. The number of pyridine rings is 1. The number of methoxy groups -OCH3 is 2. The second-order valence-electron chi connectivity index (χ2n) is 6.19. The Balaban J connectivity index is 1.61. The van der Waals surface area contributed by atoms with E-state index >= 15 is 0 Å². The number of nitrogens with one attached hydrogen (secondary N) is 2. The number of hydrogen-bond acceptors (Lipinski definition) is 6. The topological polar surface area (TPSA) is 89.5 Å². The Morgan fingerprint density at radius 2 is 1.62 bits per heavy atom. The molecule has 0 aliphatic carbocycles. The fraction of sp³-hybridized carbons (Fsp3) is 0.136. The van der Waals surface area contributed by atoms with Gasteiger partial charge in [0.25, 0.3) is 5.91 Å². The van der Waals surface area contributed by atoms with Gasteiger partial charge in [0.15, 0.2) is 0 Å². The summed E-state index contributed by atoms with van der Waals surface area (Å²) in [6.07, 6.45) is 3.15. The fourth-order valence-electron chi connectivity index (χ4n) is 2.62. The van der Waals surface area contributed by atoms with Crippen LogP contribution in [0.2, 0.25) is 0 Å². The molecule has 0 radical (unpaired) electrons. The Kier molecular flexibility index (Phi) is 6.42. The van der Waals surface area contributed by atoms with Crippen LogP contribution in [0.15, 0.2) is 67.0 Å². The van der Waals surface area contributed by atoms with Crippen molar-refractivity contribution < 1.29 is 19.1 Å². The number of amides is 1. The minimum Gasteiger partial charge on any atom is -0.497 e. The van der Waals surface area contributed by atoms with E-state index in [1.807, 2.05) is 24.3 Å². The zero-order chi connectivity index (χ0) is 20.6. The smallest absolute Gasteiger partial charge is 0.337 e. The summed E-state index contributed by atoms with van der Waals surface area (Å²) in [4.78, 5) is 28.1. The summed E-state index contributed by atoms with van der Waals surface area (Å²) in [6, 6.07) is 15.9. The van der Waals surface area contributed by atoms with Gasteiger partial charge in [-0.05, 0) is 48.0 Å². The van der Waals surface area contributed by atoms with Gasteiger partial charge in [-0.1, -0.05) is 12.1 Å². The molecule has 2 aromatic carbocycles. The normalized spacial score (nSPS) is 10.1. The first-order valence-electron chi connectivity index (χ1n) is 8.90. The van der Waals surface area contributed by atoms with Crippen LogP contribution in [0.1, 0.15) is 26.3 Å². The molecule has 0 bridgehead atoms. The Hall–Kier alpha value is -3.87. The molecule has 7 nitrogen and oxygen atoms in total. The van der Waals surface area contributed by atoms with Gasteiger partial charge in [0, 0.05) is 24.6 Å². The Labute approximate surface area is 168 Å². The number of rotatable bonds is 7. The van der Waals surface area contributed by atoms with Gasteiger partial charge in [-0.3, -0.25) is 9.78 Å². The molecular weight excluding hydrogens is 370 g/mol. The Morgan fingerprint density at radius 3 is 2.28 bits per heavy atom. The molecule has 1 heterocycles. The number of benzene rings is 2. The Morgan fingerprint density at radius 1 is 0.897 bits per heavy atom. The molecule has 0 spiro atoms. The molecule has 0 aliphatic rings. The van der Waals surface area contributed by atoms with Crippen molar-refractivity contribution in [3.8, 4) is 5.75 Å². The van der Waals surface area contributed by atoms with Gasteiger partial charge in [-0.15, -0.1) is 0 Å². The van der Waals surface area contributed by atoms with Crippen LogP contribution >= 0.6 is 0 Å². The molecule has 0 saturated carbocycles. The molecule has 3 aromatic rings. The van der Waals surface area contributed by atoms with E-state index in [1.165, 1.54) is 13.3 Å². The van der Waals surface area contributed by atoms with Gasteiger partial charge in [-0.25, -0.2) is 4.79 Å². The standard InChI is InChI=1S/C22H21N3O4/c1-28-20-9-3-15(4-10-20)12-24-19-11-17(13-23-14-19)21(26)25-18-7-5-16(6-8-18)22(27)29-2/h3-11,13-14,24H,12H2,1-2H3,(H,25,26). The molecule has 1 amide bonds. The van der Waals surface area contributed by atoms with Crippen molar-refractivity contribution in [2.24, 2.45) is 0 Å². The third-order valence-corrected chi connectivity index (χ3v) is 4.22. The maximum atomic E-state index is 12.5. The van der Waals surface area contributed by atoms with Crippen molar-refractivity contribution in [1.29, 1.82) is 0 Å². The van der Waals surface area contributed by atoms with Crippen molar-refractivity contribution >= 4 is 23.3 Å². The number of hydrogen-bond donors (Lipinski definition) is 2. The van der Waals surface area contributed by atoms with Crippen LogP contribution in [0.5, 0.6) is 5.75 Å². The summed E-state index contributed by atoms with van der Waals surface area (Å²) in [5.74, 6) is 0.0767. The van der Waals surface area contributed by atoms with E-state index < -0.39 is 5.97 Å². The molecule has 0 fully saturated rings. The van der Waals surface area contributed by atoms with Crippen LogP contribution in [0.4, 0.5) is 11.4 Å². The third kappa shape index (κ3) is 5.32. The average Bonchev–Trinajstić information content (AvgIpc) is 2.78. The van der Waals surface area contributed by atoms with Gasteiger partial charge in [-0.2, -0.15) is 0 Å². The van der Waals surface area contributed by atoms with E-state index in [0.29, 0.717) is 23.4 Å². The highest BCUT2D eigenvalue weighted by Crippen LogP contribution is 2.16. The summed E-state index contributed by atoms with van der Waals surface area (Å²) >= 11 is 0. The maximum Gasteiger partial charge on any atom is 0.337 e. The summed E-state index contributed by atoms with van der Waals surface area (Å²) in [5, 5.41) is 6.03. The minimum atomic E-state index is -0.428. The molecule has 1 aromatic heterocycles. The van der Waals surface area contributed by atoms with Crippen molar-refractivity contribution in [1.82, 2.24) is 4.98 Å². The lowest BCUT2D eigenvalue weighted by Gasteiger charge is -2.09. The SMILES string of the molecule is COC(=O)c1ccc(NC(=O)c2cncc(NCc3ccc(OC)cc3)c2)cc1. The van der Waals surface area contributed by atoms with Gasteiger partial charge >= 0.3 is 5.97 Å². The number of nitrogens with zero attached hydrogens (tertiary/aromatic N) is 1. The molecule has 0 unspecified atom stereocenters. The maximum absolute atomic E-state index is 12.5. The van der Waals surface area contributed by atoms with E-state index in [2.05, 4.69) is 20.4 Å². The number of anilines is 2. The van der Waals surface area contributed by atoms with E-state index in [0.717, 1.165) is 17.0 Å². The summed E-state index contributed by atoms with van der Waals surface area (Å²) in [7, 11) is 2.95. The van der Waals surface area contributed by atoms with E-state index in [-0.39, 0.29) is 5.91 Å². The van der Waals surface area contributed by atoms with Gasteiger partial charge in [0.1, 0.15) is 5.75 Å². The van der Waals surface area contributed by atoms with Crippen LogP contribution in [0, 0.1) is 0 Å². The lowest BCUT2D eigenvalue weighted by molar-refractivity contribution is 0.0600. The van der Waals surface area contributed by atoms with Gasteiger partial charge in [0.2, 0.25) is 0 Å². The van der Waals surface area contributed by atoms with Crippen LogP contribution < -0.4 is 15.4 Å². The van der Waals surface area contributed by atoms with Gasteiger partial charge < -0.3 is 20.1 Å². The molecule has 0 atom stereocenters. The molecule has 148 valence electrons. The summed E-state index contributed by atoms with van der Waals surface area (Å²) < 4.78 is 9.81. The highest BCUT2D eigenvalue weighted by Gasteiger charge is 2.09. The van der Waals surface area contributed by atoms with E-state index in [1.54, 1.807) is 43.6 Å². The number of ether oxygens (including phenoxy) is 2. The fourth-order valence-corrected chi connectivity index (χ4v) is 2.62. The first-order chi connectivity index (χ1) is 14.1. The minimum absolute atomic E-state index is 0.295. The van der Waals surface area contributed by atoms with Crippen LogP contribution in [0.25, 0.3) is 0 Å². The third-order valence-electron chi connectivity index (χ3n) is 4.22.